The maximum Gasteiger partial charge on any atom is 0.232 e. The molecular formula is C24H23Cl2FN6O2S. The normalized spacial score (nSPS) is 17.4. The Morgan fingerprint density at radius 3 is 2.61 bits per heavy atom. The van der Waals surface area contributed by atoms with Crippen LogP contribution in [0.1, 0.15) is 16.7 Å². The summed E-state index contributed by atoms with van der Waals surface area (Å²) in [6.45, 7) is 3.38. The second-order valence-corrected chi connectivity index (χ2v) is 11.2. The molecule has 2 aromatic heterocycles. The van der Waals surface area contributed by atoms with Crippen LogP contribution in [0.3, 0.4) is 0 Å². The van der Waals surface area contributed by atoms with Gasteiger partial charge in [-0.2, -0.15) is 4.39 Å². The molecule has 2 aliphatic heterocycles. The number of rotatable bonds is 7. The molecule has 2 aliphatic rings. The summed E-state index contributed by atoms with van der Waals surface area (Å²) >= 11 is 12.0. The fraction of sp³-hybridized carbons (Fsp3) is 0.292. The van der Waals surface area contributed by atoms with Crippen LogP contribution in [0, 0.1) is 16.8 Å². The maximum atomic E-state index is 13.7. The van der Waals surface area contributed by atoms with Gasteiger partial charge in [-0.3, -0.25) is 5.41 Å². The number of nitrogens with two attached hydrogens (primary N) is 1. The molecule has 0 amide bonds. The predicted octanol–water partition coefficient (Wildman–Crippen LogP) is 3.92. The van der Waals surface area contributed by atoms with E-state index in [1.165, 1.54) is 6.20 Å². The van der Waals surface area contributed by atoms with E-state index < -0.39 is 16.9 Å². The molecule has 12 heteroatoms. The Bertz CT molecular complexity index is 1360. The standard InChI is InChI=1S/C24H23Cl2FN6O2S/c1-36(34)33-12-24(13-33)10-32(11-24)20-5-2-14(7-30-20)22(29)16-6-15(3-4-19(16)28)35-9-17-18(25)8-31-23(27)21(17)26/h2-8,29H,9-13,28H2,1H3. The highest BCUT2D eigenvalue weighted by molar-refractivity contribution is 7.81. The van der Waals surface area contributed by atoms with Crippen molar-refractivity contribution in [2.45, 2.75) is 6.61 Å². The zero-order chi connectivity index (χ0) is 25.6. The van der Waals surface area contributed by atoms with E-state index in [9.17, 15) is 8.60 Å². The van der Waals surface area contributed by atoms with Crippen LogP contribution in [0.4, 0.5) is 15.9 Å². The number of nitrogen functional groups attached to an aromatic ring is 1. The largest absolute Gasteiger partial charge is 0.489 e. The predicted molar refractivity (Wildman–Crippen MR) is 140 cm³/mol. The van der Waals surface area contributed by atoms with Gasteiger partial charge in [0.05, 0.1) is 21.7 Å². The third-order valence-electron chi connectivity index (χ3n) is 6.50. The van der Waals surface area contributed by atoms with E-state index in [0.29, 0.717) is 22.6 Å². The summed E-state index contributed by atoms with van der Waals surface area (Å²) in [4.78, 5) is 10.2. The van der Waals surface area contributed by atoms with Gasteiger partial charge in [0.15, 0.2) is 0 Å². The summed E-state index contributed by atoms with van der Waals surface area (Å²) in [7, 11) is -0.911. The summed E-state index contributed by atoms with van der Waals surface area (Å²) in [5.74, 6) is 0.443. The van der Waals surface area contributed by atoms with Gasteiger partial charge in [0.25, 0.3) is 0 Å². The number of benzene rings is 1. The lowest BCUT2D eigenvalue weighted by molar-refractivity contribution is 0.0434. The summed E-state index contributed by atoms with van der Waals surface area (Å²) in [5, 5.41) is 8.68. The van der Waals surface area contributed by atoms with Crippen molar-refractivity contribution in [3.05, 3.63) is 75.4 Å². The number of nitrogens with one attached hydrogen (secondary N) is 1. The molecule has 2 saturated heterocycles. The zero-order valence-corrected chi connectivity index (χ0v) is 21.6. The van der Waals surface area contributed by atoms with Gasteiger partial charge in [0.2, 0.25) is 5.95 Å². The van der Waals surface area contributed by atoms with Crippen LogP contribution in [-0.4, -0.2) is 56.6 Å². The number of hydrogen-bond donors (Lipinski definition) is 2. The first-order valence-electron chi connectivity index (χ1n) is 11.1. The first-order valence-corrected chi connectivity index (χ1v) is 13.3. The minimum Gasteiger partial charge on any atom is -0.489 e. The second kappa shape index (κ2) is 9.59. The smallest absolute Gasteiger partial charge is 0.232 e. The second-order valence-electron chi connectivity index (χ2n) is 9.09. The van der Waals surface area contributed by atoms with Crippen LogP contribution >= 0.6 is 23.2 Å². The van der Waals surface area contributed by atoms with Crippen LogP contribution in [0.5, 0.6) is 5.75 Å². The number of hydrogen-bond acceptors (Lipinski definition) is 7. The van der Waals surface area contributed by atoms with E-state index in [-0.39, 0.29) is 33.3 Å². The van der Waals surface area contributed by atoms with Gasteiger partial charge < -0.3 is 15.4 Å². The Morgan fingerprint density at radius 1 is 1.19 bits per heavy atom. The van der Waals surface area contributed by atoms with Crippen molar-refractivity contribution in [1.29, 1.82) is 5.41 Å². The van der Waals surface area contributed by atoms with Gasteiger partial charge >= 0.3 is 0 Å². The molecular weight excluding hydrogens is 526 g/mol. The number of ether oxygens (including phenoxy) is 1. The highest BCUT2D eigenvalue weighted by atomic mass is 35.5. The van der Waals surface area contributed by atoms with E-state index in [1.54, 1.807) is 30.7 Å². The molecule has 36 heavy (non-hydrogen) atoms. The molecule has 3 N–H and O–H groups in total. The van der Waals surface area contributed by atoms with Gasteiger partial charge in [-0.05, 0) is 30.3 Å². The quantitative estimate of drug-likeness (QED) is 0.263. The van der Waals surface area contributed by atoms with Crippen LogP contribution in [-0.2, 0) is 17.6 Å². The van der Waals surface area contributed by atoms with Gasteiger partial charge in [-0.25, -0.2) is 18.5 Å². The van der Waals surface area contributed by atoms with E-state index in [2.05, 4.69) is 14.9 Å². The average Bonchev–Trinajstić information content (AvgIpc) is 2.80. The lowest BCUT2D eigenvalue weighted by Crippen LogP contribution is -2.72. The molecule has 4 heterocycles. The third-order valence-corrected chi connectivity index (χ3v) is 8.20. The molecule has 2 fully saturated rings. The summed E-state index contributed by atoms with van der Waals surface area (Å²) in [5.41, 5.74) is 8.33. The highest BCUT2D eigenvalue weighted by Gasteiger charge is 2.53. The van der Waals surface area contributed by atoms with Crippen molar-refractivity contribution >= 4 is 51.4 Å². The molecule has 1 aromatic carbocycles. The Balaban J connectivity index is 1.25. The molecule has 0 radical (unpaired) electrons. The molecule has 1 spiro atoms. The molecule has 0 bridgehead atoms. The van der Waals surface area contributed by atoms with Crippen LogP contribution < -0.4 is 15.4 Å². The summed E-state index contributed by atoms with van der Waals surface area (Å²) in [6.07, 6.45) is 4.54. The summed E-state index contributed by atoms with van der Waals surface area (Å²) < 4.78 is 33.0. The minimum atomic E-state index is -0.911. The Labute approximate surface area is 220 Å². The topological polar surface area (TPSA) is 108 Å². The van der Waals surface area contributed by atoms with E-state index in [4.69, 9.17) is 39.1 Å². The van der Waals surface area contributed by atoms with Gasteiger partial charge in [0, 0.05) is 72.6 Å². The Morgan fingerprint density at radius 2 is 1.94 bits per heavy atom. The van der Waals surface area contributed by atoms with E-state index in [0.717, 1.165) is 32.0 Å². The van der Waals surface area contributed by atoms with Crippen molar-refractivity contribution in [3.8, 4) is 5.75 Å². The molecule has 8 nitrogen and oxygen atoms in total. The lowest BCUT2D eigenvalue weighted by atomic mass is 9.74. The van der Waals surface area contributed by atoms with Crippen LogP contribution in [0.25, 0.3) is 0 Å². The molecule has 1 atom stereocenters. The monoisotopic (exact) mass is 548 g/mol. The first-order chi connectivity index (χ1) is 17.2. The van der Waals surface area contributed by atoms with Gasteiger partial charge in [-0.15, -0.1) is 0 Å². The van der Waals surface area contributed by atoms with E-state index in [1.807, 2.05) is 16.4 Å². The van der Waals surface area contributed by atoms with Crippen LogP contribution in [0.15, 0.2) is 42.7 Å². The number of aromatic nitrogens is 2. The molecule has 3 aromatic rings. The molecule has 1 unspecified atom stereocenters. The lowest BCUT2D eigenvalue weighted by Gasteiger charge is -2.59. The Hall–Kier alpha value is -2.79. The molecule has 188 valence electrons. The Kier molecular flexibility index (Phi) is 6.63. The maximum absolute atomic E-state index is 13.7. The van der Waals surface area contributed by atoms with Crippen molar-refractivity contribution in [2.24, 2.45) is 5.41 Å². The summed E-state index contributed by atoms with van der Waals surface area (Å²) in [6, 6.07) is 8.67. The number of anilines is 2. The number of pyridine rings is 2. The van der Waals surface area contributed by atoms with Gasteiger partial charge in [0.1, 0.15) is 23.2 Å². The fourth-order valence-corrected chi connectivity index (χ4v) is 5.86. The molecule has 5 rings (SSSR count). The van der Waals surface area contributed by atoms with Crippen molar-refractivity contribution < 1.29 is 13.3 Å². The third kappa shape index (κ3) is 4.66. The number of nitrogens with zero attached hydrogens (tertiary/aromatic N) is 4. The highest BCUT2D eigenvalue weighted by Crippen LogP contribution is 2.41. The molecule has 0 aliphatic carbocycles. The van der Waals surface area contributed by atoms with Gasteiger partial charge in [-0.1, -0.05) is 23.2 Å². The van der Waals surface area contributed by atoms with Crippen molar-refractivity contribution in [1.82, 2.24) is 14.3 Å². The minimum absolute atomic E-state index is 0.0761. The average molecular weight is 549 g/mol. The number of halogens is 3. The SMILES string of the molecule is CS(=O)N1CC2(CN(c3ccc(C(=N)c4cc(OCc5c(Cl)cnc(F)c5Cl)ccc4N)cn3)C2)C1. The van der Waals surface area contributed by atoms with E-state index >= 15 is 0 Å². The molecule has 0 saturated carbocycles. The fourth-order valence-electron chi connectivity index (χ4n) is 4.49. The van der Waals surface area contributed by atoms with Crippen LogP contribution in [0.2, 0.25) is 10.0 Å². The van der Waals surface area contributed by atoms with Crippen molar-refractivity contribution in [3.63, 3.8) is 0 Å². The zero-order valence-electron chi connectivity index (χ0n) is 19.3. The first kappa shape index (κ1) is 24.9. The van der Waals surface area contributed by atoms with Crippen molar-refractivity contribution in [2.75, 3.05) is 43.1 Å².